The maximum absolute atomic E-state index is 14.3. The van der Waals surface area contributed by atoms with E-state index >= 15 is 0 Å². The van der Waals surface area contributed by atoms with Gasteiger partial charge in [0, 0.05) is 35.8 Å². The Bertz CT molecular complexity index is 1240. The summed E-state index contributed by atoms with van der Waals surface area (Å²) in [6.07, 6.45) is 3.45. The average molecular weight is 439 g/mol. The molecule has 7 nitrogen and oxygen atoms in total. The Kier molecular flexibility index (Phi) is 4.97. The number of aryl methyl sites for hydroxylation is 2. The van der Waals surface area contributed by atoms with E-state index in [9.17, 15) is 9.18 Å². The summed E-state index contributed by atoms with van der Waals surface area (Å²) in [7, 11) is 0. The fraction of sp³-hybridized carbons (Fsp3) is 0.318. The molecule has 2 N–H and O–H groups in total. The lowest BCUT2D eigenvalue weighted by atomic mass is 9.95. The minimum absolute atomic E-state index is 0.0408. The van der Waals surface area contributed by atoms with Crippen molar-refractivity contribution < 1.29 is 9.18 Å². The minimum atomic E-state index is -0.320. The number of fused-ring (bicyclic) bond motifs is 1. The molecule has 0 saturated carbocycles. The lowest BCUT2D eigenvalue weighted by Gasteiger charge is -2.31. The van der Waals surface area contributed by atoms with E-state index in [0.717, 1.165) is 29.1 Å². The van der Waals surface area contributed by atoms with Gasteiger partial charge in [0.25, 0.3) is 5.91 Å². The highest BCUT2D eigenvalue weighted by atomic mass is 32.1. The number of rotatable bonds is 4. The van der Waals surface area contributed by atoms with E-state index in [-0.39, 0.29) is 17.6 Å². The van der Waals surface area contributed by atoms with Crippen molar-refractivity contribution >= 4 is 33.7 Å². The predicted octanol–water partition coefficient (Wildman–Crippen LogP) is 4.64. The maximum Gasteiger partial charge on any atom is 0.271 e. The molecule has 1 amide bonds. The van der Waals surface area contributed by atoms with Crippen LogP contribution in [0.2, 0.25) is 0 Å². The minimum Gasteiger partial charge on any atom is -0.337 e. The van der Waals surface area contributed by atoms with Gasteiger partial charge in [-0.2, -0.15) is 5.10 Å². The van der Waals surface area contributed by atoms with E-state index in [1.54, 1.807) is 41.8 Å². The van der Waals surface area contributed by atoms with E-state index in [1.165, 1.54) is 10.9 Å². The third-order valence-electron chi connectivity index (χ3n) is 5.90. The average Bonchev–Trinajstić information content (AvgIpc) is 3.49. The van der Waals surface area contributed by atoms with Gasteiger partial charge in [0.15, 0.2) is 0 Å². The van der Waals surface area contributed by atoms with Crippen LogP contribution in [0, 0.1) is 19.7 Å². The maximum atomic E-state index is 14.3. The molecule has 4 heterocycles. The summed E-state index contributed by atoms with van der Waals surface area (Å²) in [5, 5.41) is 9.83. The van der Waals surface area contributed by atoms with Crippen molar-refractivity contribution in [1.82, 2.24) is 24.5 Å². The number of nitrogens with one attached hydrogen (secondary N) is 2. The number of para-hydroxylation sites is 1. The van der Waals surface area contributed by atoms with Crippen LogP contribution in [0.3, 0.4) is 0 Å². The van der Waals surface area contributed by atoms with Gasteiger partial charge in [-0.05, 0) is 44.9 Å². The third kappa shape index (κ3) is 3.48. The third-order valence-corrected chi connectivity index (χ3v) is 7.09. The van der Waals surface area contributed by atoms with E-state index in [0.29, 0.717) is 30.4 Å². The highest BCUT2D eigenvalue weighted by Gasteiger charge is 2.30. The fourth-order valence-electron chi connectivity index (χ4n) is 4.17. The Morgan fingerprint density at radius 1 is 1.29 bits per heavy atom. The SMILES string of the molecule is Cc1sc2c([C@@H]3CCCN(C(=O)c4ccn[nH]4)C3)nc(Nc3ccccc3F)n2c1C. The quantitative estimate of drug-likeness (QED) is 0.487. The van der Waals surface area contributed by atoms with Crippen molar-refractivity contribution in [3.8, 4) is 0 Å². The van der Waals surface area contributed by atoms with E-state index in [1.807, 2.05) is 11.8 Å². The number of aromatic nitrogens is 4. The standard InChI is InChI=1S/C22H23FN6OS/c1-13-14(2)31-21-19(26-22(29(13)21)25-17-8-4-3-7-16(17)23)15-6-5-11-28(12-15)20(30)18-9-10-24-27-18/h3-4,7-10,15H,5-6,11-12H2,1-2H3,(H,24,27)(H,25,26)/t15-/m1/s1. The molecule has 0 aliphatic carbocycles. The number of hydrogen-bond donors (Lipinski definition) is 2. The summed E-state index contributed by atoms with van der Waals surface area (Å²) in [6.45, 7) is 5.44. The van der Waals surface area contributed by atoms with Crippen LogP contribution in [0.25, 0.3) is 4.83 Å². The Morgan fingerprint density at radius 2 is 2.13 bits per heavy atom. The molecular weight excluding hydrogens is 415 g/mol. The number of amides is 1. The van der Waals surface area contributed by atoms with Crippen LogP contribution in [0.15, 0.2) is 36.5 Å². The Labute approximate surface area is 182 Å². The second kappa shape index (κ2) is 7.81. The molecule has 0 unspecified atom stereocenters. The topological polar surface area (TPSA) is 78.3 Å². The van der Waals surface area contributed by atoms with Crippen molar-refractivity contribution in [2.75, 3.05) is 18.4 Å². The Hall–Kier alpha value is -3.20. The zero-order valence-corrected chi connectivity index (χ0v) is 18.2. The number of H-pyrrole nitrogens is 1. The summed E-state index contributed by atoms with van der Waals surface area (Å²) >= 11 is 1.69. The number of piperidine rings is 1. The summed E-state index contributed by atoms with van der Waals surface area (Å²) in [5.41, 5.74) is 2.94. The van der Waals surface area contributed by atoms with E-state index in [2.05, 4.69) is 26.8 Å². The van der Waals surface area contributed by atoms with Crippen molar-refractivity contribution in [1.29, 1.82) is 0 Å². The monoisotopic (exact) mass is 438 g/mol. The molecule has 0 radical (unpaired) electrons. The molecule has 31 heavy (non-hydrogen) atoms. The van der Waals surface area contributed by atoms with Crippen LogP contribution in [-0.4, -0.2) is 43.5 Å². The smallest absolute Gasteiger partial charge is 0.271 e. The van der Waals surface area contributed by atoms with Crippen molar-refractivity contribution in [2.24, 2.45) is 0 Å². The molecule has 4 aromatic rings. The predicted molar refractivity (Wildman–Crippen MR) is 119 cm³/mol. The van der Waals surface area contributed by atoms with Gasteiger partial charge in [0.1, 0.15) is 16.3 Å². The molecule has 5 rings (SSSR count). The number of imidazole rings is 1. The van der Waals surface area contributed by atoms with Gasteiger partial charge in [0.05, 0.1) is 11.4 Å². The summed E-state index contributed by atoms with van der Waals surface area (Å²) < 4.78 is 16.3. The van der Waals surface area contributed by atoms with E-state index in [4.69, 9.17) is 4.98 Å². The highest BCUT2D eigenvalue weighted by Crippen LogP contribution is 2.37. The summed E-state index contributed by atoms with van der Waals surface area (Å²) in [6, 6.07) is 8.29. The molecule has 0 spiro atoms. The lowest BCUT2D eigenvalue weighted by Crippen LogP contribution is -2.39. The van der Waals surface area contributed by atoms with Crippen molar-refractivity contribution in [3.05, 3.63) is 64.3 Å². The molecule has 3 aromatic heterocycles. The van der Waals surface area contributed by atoms with Crippen LogP contribution >= 0.6 is 11.3 Å². The fourth-order valence-corrected chi connectivity index (χ4v) is 5.33. The number of aromatic amines is 1. The zero-order chi connectivity index (χ0) is 21.5. The van der Waals surface area contributed by atoms with Gasteiger partial charge in [-0.3, -0.25) is 14.3 Å². The molecule has 1 aliphatic heterocycles. The van der Waals surface area contributed by atoms with Crippen molar-refractivity contribution in [2.45, 2.75) is 32.6 Å². The largest absolute Gasteiger partial charge is 0.337 e. The first kappa shape index (κ1) is 19.7. The van der Waals surface area contributed by atoms with Crippen LogP contribution in [0.5, 0.6) is 0 Å². The molecule has 0 bridgehead atoms. The molecule has 1 aliphatic rings. The molecular formula is C22H23FN6OS. The number of carbonyl (C=O) groups is 1. The number of nitrogens with zero attached hydrogens (tertiary/aromatic N) is 4. The Balaban J connectivity index is 1.50. The molecule has 9 heteroatoms. The van der Waals surface area contributed by atoms with Gasteiger partial charge in [-0.15, -0.1) is 11.3 Å². The van der Waals surface area contributed by atoms with Gasteiger partial charge in [0.2, 0.25) is 5.95 Å². The summed E-state index contributed by atoms with van der Waals surface area (Å²) in [5.74, 6) is 0.360. The van der Waals surface area contributed by atoms with Crippen LogP contribution in [0.1, 0.15) is 45.5 Å². The van der Waals surface area contributed by atoms with Crippen LogP contribution < -0.4 is 5.32 Å². The first-order valence-electron chi connectivity index (χ1n) is 10.3. The lowest BCUT2D eigenvalue weighted by molar-refractivity contribution is 0.0700. The normalized spacial score (nSPS) is 16.7. The number of carbonyl (C=O) groups excluding carboxylic acids is 1. The second-order valence-corrected chi connectivity index (χ2v) is 9.07. The number of likely N-dealkylation sites (tertiary alicyclic amines) is 1. The zero-order valence-electron chi connectivity index (χ0n) is 17.4. The van der Waals surface area contributed by atoms with Crippen LogP contribution in [0.4, 0.5) is 16.0 Å². The number of hydrogen-bond acceptors (Lipinski definition) is 5. The Morgan fingerprint density at radius 3 is 2.90 bits per heavy atom. The second-order valence-electron chi connectivity index (χ2n) is 7.87. The van der Waals surface area contributed by atoms with Gasteiger partial charge >= 0.3 is 0 Å². The number of benzene rings is 1. The highest BCUT2D eigenvalue weighted by molar-refractivity contribution is 7.17. The molecule has 1 fully saturated rings. The molecule has 160 valence electrons. The molecule has 1 aromatic carbocycles. The van der Waals surface area contributed by atoms with Gasteiger partial charge in [-0.1, -0.05) is 12.1 Å². The van der Waals surface area contributed by atoms with Gasteiger partial charge in [-0.25, -0.2) is 9.37 Å². The number of halogens is 1. The van der Waals surface area contributed by atoms with Crippen molar-refractivity contribution in [3.63, 3.8) is 0 Å². The number of anilines is 2. The number of thiazole rings is 1. The van der Waals surface area contributed by atoms with Gasteiger partial charge < -0.3 is 10.2 Å². The van der Waals surface area contributed by atoms with Crippen LogP contribution in [-0.2, 0) is 0 Å². The first-order chi connectivity index (χ1) is 15.0. The molecule has 1 atom stereocenters. The molecule has 1 saturated heterocycles. The van der Waals surface area contributed by atoms with E-state index < -0.39 is 0 Å². The first-order valence-corrected chi connectivity index (χ1v) is 11.1. The summed E-state index contributed by atoms with van der Waals surface area (Å²) in [4.78, 5) is 21.8.